The summed E-state index contributed by atoms with van der Waals surface area (Å²) in [7, 11) is 0. The third-order valence-corrected chi connectivity index (χ3v) is 4.69. The van der Waals surface area contributed by atoms with Crippen molar-refractivity contribution in [2.24, 2.45) is 0 Å². The number of hydrogen-bond acceptors (Lipinski definition) is 4. The molecule has 1 atom stereocenters. The fraction of sp³-hybridized carbons (Fsp3) is 0.167. The zero-order valence-corrected chi connectivity index (χ0v) is 14.1. The molecule has 1 aliphatic rings. The summed E-state index contributed by atoms with van der Waals surface area (Å²) in [6.07, 6.45) is 1.47. The number of furan rings is 1. The van der Waals surface area contributed by atoms with Crippen molar-refractivity contribution in [3.05, 3.63) is 65.2 Å². The molecule has 0 saturated carbocycles. The summed E-state index contributed by atoms with van der Waals surface area (Å²) >= 11 is 6.25. The molecule has 1 saturated heterocycles. The van der Waals surface area contributed by atoms with Gasteiger partial charge >= 0.3 is 6.03 Å². The lowest BCUT2D eigenvalue weighted by Gasteiger charge is -2.19. The molecule has 4 rings (SSSR count). The van der Waals surface area contributed by atoms with Crippen molar-refractivity contribution < 1.29 is 14.0 Å². The van der Waals surface area contributed by atoms with E-state index in [0.717, 1.165) is 15.8 Å². The highest BCUT2D eigenvalue weighted by molar-refractivity contribution is 6.30. The van der Waals surface area contributed by atoms with Crippen molar-refractivity contribution in [1.29, 1.82) is 0 Å². The van der Waals surface area contributed by atoms with Gasteiger partial charge in [0, 0.05) is 10.9 Å². The molecule has 126 valence electrons. The predicted molar refractivity (Wildman–Crippen MR) is 91.9 cm³/mol. The number of halogens is 1. The van der Waals surface area contributed by atoms with Crippen LogP contribution in [-0.2, 0) is 16.9 Å². The quantitative estimate of drug-likeness (QED) is 0.576. The normalized spacial score (nSPS) is 20.3. The summed E-state index contributed by atoms with van der Waals surface area (Å²) in [6.45, 7) is 1.66. The minimum absolute atomic E-state index is 0.0393. The van der Waals surface area contributed by atoms with Crippen molar-refractivity contribution in [3.63, 3.8) is 0 Å². The van der Waals surface area contributed by atoms with Crippen LogP contribution in [0.5, 0.6) is 0 Å². The Morgan fingerprint density at radius 1 is 1.24 bits per heavy atom. The Balaban J connectivity index is 1.68. The van der Waals surface area contributed by atoms with Gasteiger partial charge in [-0.2, -0.15) is 0 Å². The molecule has 1 N–H and O–H groups in total. The molecule has 0 unspecified atom stereocenters. The number of urea groups is 1. The monoisotopic (exact) mass is 355 g/mol. The van der Waals surface area contributed by atoms with Crippen molar-refractivity contribution in [2.75, 3.05) is 0 Å². The van der Waals surface area contributed by atoms with Crippen LogP contribution in [-0.4, -0.2) is 21.8 Å². The SMILES string of the molecule is C[C@]1(c2ccco2)NC(=O)N(Cc2cc3ccccc3nc2Cl)C1=O. The first-order valence-electron chi connectivity index (χ1n) is 7.71. The van der Waals surface area contributed by atoms with Gasteiger partial charge in [-0.25, -0.2) is 9.78 Å². The van der Waals surface area contributed by atoms with Gasteiger partial charge in [-0.05, 0) is 31.2 Å². The lowest BCUT2D eigenvalue weighted by molar-refractivity contribution is -0.132. The number of rotatable bonds is 3. The van der Waals surface area contributed by atoms with E-state index in [9.17, 15) is 9.59 Å². The maximum Gasteiger partial charge on any atom is 0.325 e. The van der Waals surface area contributed by atoms with Crippen LogP contribution in [0, 0.1) is 0 Å². The number of amides is 3. The molecule has 7 heteroatoms. The first kappa shape index (κ1) is 15.7. The van der Waals surface area contributed by atoms with E-state index < -0.39 is 17.5 Å². The van der Waals surface area contributed by atoms with Crippen LogP contribution >= 0.6 is 11.6 Å². The molecule has 0 bridgehead atoms. The second-order valence-corrected chi connectivity index (χ2v) is 6.41. The number of para-hydroxylation sites is 1. The summed E-state index contributed by atoms with van der Waals surface area (Å²) in [5.74, 6) is -0.00670. The van der Waals surface area contributed by atoms with Gasteiger partial charge in [0.2, 0.25) is 0 Å². The van der Waals surface area contributed by atoms with E-state index in [-0.39, 0.29) is 11.7 Å². The fourth-order valence-corrected chi connectivity index (χ4v) is 3.19. The molecular formula is C18H14ClN3O3. The van der Waals surface area contributed by atoms with Crippen LogP contribution in [0.25, 0.3) is 10.9 Å². The number of nitrogens with zero attached hydrogens (tertiary/aromatic N) is 2. The number of imide groups is 1. The number of hydrogen-bond donors (Lipinski definition) is 1. The highest BCUT2D eigenvalue weighted by atomic mass is 35.5. The zero-order valence-electron chi connectivity index (χ0n) is 13.3. The number of carbonyl (C=O) groups excluding carboxylic acids is 2. The largest absolute Gasteiger partial charge is 0.466 e. The molecule has 1 aromatic carbocycles. The first-order valence-corrected chi connectivity index (χ1v) is 8.09. The van der Waals surface area contributed by atoms with Gasteiger partial charge in [-0.1, -0.05) is 29.8 Å². The van der Waals surface area contributed by atoms with Crippen LogP contribution in [0.15, 0.2) is 53.1 Å². The van der Waals surface area contributed by atoms with Gasteiger partial charge in [0.1, 0.15) is 10.9 Å². The summed E-state index contributed by atoms with van der Waals surface area (Å²) < 4.78 is 5.32. The van der Waals surface area contributed by atoms with Gasteiger partial charge in [0.05, 0.1) is 18.3 Å². The van der Waals surface area contributed by atoms with E-state index in [1.165, 1.54) is 6.26 Å². The third-order valence-electron chi connectivity index (χ3n) is 4.37. The Morgan fingerprint density at radius 3 is 2.80 bits per heavy atom. The van der Waals surface area contributed by atoms with E-state index in [1.54, 1.807) is 19.1 Å². The molecule has 3 aromatic rings. The summed E-state index contributed by atoms with van der Waals surface area (Å²) in [5, 5.41) is 3.85. The number of benzene rings is 1. The van der Waals surface area contributed by atoms with Crippen LogP contribution < -0.4 is 5.32 Å². The van der Waals surface area contributed by atoms with Gasteiger partial charge in [0.15, 0.2) is 5.54 Å². The minimum Gasteiger partial charge on any atom is -0.466 e. The van der Waals surface area contributed by atoms with E-state index in [4.69, 9.17) is 16.0 Å². The topological polar surface area (TPSA) is 75.4 Å². The second-order valence-electron chi connectivity index (χ2n) is 6.05. The van der Waals surface area contributed by atoms with E-state index in [2.05, 4.69) is 10.3 Å². The van der Waals surface area contributed by atoms with Crippen molar-refractivity contribution in [2.45, 2.75) is 19.0 Å². The van der Waals surface area contributed by atoms with Crippen LogP contribution in [0.2, 0.25) is 5.15 Å². The maximum atomic E-state index is 12.8. The number of carbonyl (C=O) groups is 2. The van der Waals surface area contributed by atoms with Gasteiger partial charge < -0.3 is 9.73 Å². The Bertz CT molecular complexity index is 986. The molecular weight excluding hydrogens is 342 g/mol. The van der Waals surface area contributed by atoms with Crippen LogP contribution in [0.3, 0.4) is 0 Å². The second kappa shape index (κ2) is 5.60. The van der Waals surface area contributed by atoms with E-state index in [1.807, 2.05) is 30.3 Å². The maximum absolute atomic E-state index is 12.8. The lowest BCUT2D eigenvalue weighted by Crippen LogP contribution is -2.40. The molecule has 1 aliphatic heterocycles. The van der Waals surface area contributed by atoms with E-state index in [0.29, 0.717) is 11.3 Å². The van der Waals surface area contributed by atoms with Crippen molar-refractivity contribution in [3.8, 4) is 0 Å². The van der Waals surface area contributed by atoms with Gasteiger partial charge in [-0.15, -0.1) is 0 Å². The average molecular weight is 356 g/mol. The third kappa shape index (κ3) is 2.46. The highest BCUT2D eigenvalue weighted by Crippen LogP contribution is 2.31. The molecule has 6 nitrogen and oxygen atoms in total. The highest BCUT2D eigenvalue weighted by Gasteiger charge is 2.51. The first-order chi connectivity index (χ1) is 12.0. The Hall–Kier alpha value is -2.86. The summed E-state index contributed by atoms with van der Waals surface area (Å²) in [5.41, 5.74) is 0.138. The van der Waals surface area contributed by atoms with Crippen LogP contribution in [0.4, 0.5) is 4.79 Å². The molecule has 2 aromatic heterocycles. The smallest absolute Gasteiger partial charge is 0.325 e. The standard InChI is InChI=1S/C18H14ClN3O3/c1-18(14-7-4-8-25-14)16(23)22(17(24)21-18)10-12-9-11-5-2-3-6-13(11)20-15(12)19/h2-9H,10H2,1H3,(H,21,24)/t18-/m1/s1. The Morgan fingerprint density at radius 2 is 2.04 bits per heavy atom. The van der Waals surface area contributed by atoms with Crippen molar-refractivity contribution >= 4 is 34.4 Å². The molecule has 1 fully saturated rings. The summed E-state index contributed by atoms with van der Waals surface area (Å²) in [6, 6.07) is 12.2. The molecule has 0 spiro atoms. The van der Waals surface area contributed by atoms with E-state index >= 15 is 0 Å². The molecule has 3 amide bonds. The lowest BCUT2D eigenvalue weighted by atomic mass is 9.99. The van der Waals surface area contributed by atoms with Gasteiger partial charge in [-0.3, -0.25) is 9.69 Å². The number of aromatic nitrogens is 1. The van der Waals surface area contributed by atoms with Crippen LogP contribution in [0.1, 0.15) is 18.2 Å². The van der Waals surface area contributed by atoms with Gasteiger partial charge in [0.25, 0.3) is 5.91 Å². The molecule has 0 radical (unpaired) electrons. The number of fused-ring (bicyclic) bond motifs is 1. The van der Waals surface area contributed by atoms with Crippen molar-refractivity contribution in [1.82, 2.24) is 15.2 Å². The minimum atomic E-state index is -1.22. The predicted octanol–water partition coefficient (Wildman–Crippen LogP) is 3.45. The Kier molecular flexibility index (Phi) is 3.51. The number of pyridine rings is 1. The average Bonchev–Trinajstić information content (AvgIpc) is 3.20. The molecule has 3 heterocycles. The molecule has 25 heavy (non-hydrogen) atoms. The summed E-state index contributed by atoms with van der Waals surface area (Å²) in [4.78, 5) is 30.7. The number of nitrogens with one attached hydrogen (secondary N) is 1. The Labute approximate surface area is 148 Å². The fourth-order valence-electron chi connectivity index (χ4n) is 2.99. The molecule has 0 aliphatic carbocycles. The zero-order chi connectivity index (χ0) is 17.6.